The van der Waals surface area contributed by atoms with Gasteiger partial charge in [0.15, 0.2) is 0 Å². The van der Waals surface area contributed by atoms with Gasteiger partial charge in [-0.15, -0.1) is 0 Å². The average Bonchev–Trinajstić information content (AvgIpc) is 3.63. The largest absolute Gasteiger partial charge is 0.389 e. The van der Waals surface area contributed by atoms with E-state index >= 15 is 0 Å². The number of thiocarbonyl (C=S) groups is 1. The van der Waals surface area contributed by atoms with Crippen LogP contribution < -0.4 is 16.4 Å². The molecule has 232 valence electrons. The highest BCUT2D eigenvalue weighted by molar-refractivity contribution is 7.89. The minimum absolute atomic E-state index is 0.0527. The minimum Gasteiger partial charge on any atom is -0.389 e. The summed E-state index contributed by atoms with van der Waals surface area (Å²) in [6.45, 7) is 8.32. The number of carbonyl (C=O) groups is 1. The number of sulfonamides is 1. The van der Waals surface area contributed by atoms with Gasteiger partial charge in [0.2, 0.25) is 15.9 Å². The zero-order valence-corrected chi connectivity index (χ0v) is 26.8. The van der Waals surface area contributed by atoms with Gasteiger partial charge in [-0.3, -0.25) is 4.79 Å². The number of fused-ring (bicyclic) bond motifs is 1. The molecular weight excluding hydrogens is 583 g/mol. The number of rotatable bonds is 11. The lowest BCUT2D eigenvalue weighted by atomic mass is 10.0. The van der Waals surface area contributed by atoms with Crippen molar-refractivity contribution >= 4 is 44.0 Å². The SMILES string of the molecule is CCCOC1CCNC1C(=O)NCc1ccc2c(-c3cccc(C(N)=S)c3)cn(C3CCN(S(=O)(=O)C(C)C)CC3)c2c1. The Bertz CT molecular complexity index is 1580. The zero-order valence-electron chi connectivity index (χ0n) is 25.2. The van der Waals surface area contributed by atoms with Crippen LogP contribution in [0.2, 0.25) is 0 Å². The Kier molecular flexibility index (Phi) is 9.87. The van der Waals surface area contributed by atoms with Crippen molar-refractivity contribution in [1.82, 2.24) is 19.5 Å². The molecule has 4 N–H and O–H groups in total. The third-order valence-electron chi connectivity index (χ3n) is 8.58. The van der Waals surface area contributed by atoms with Gasteiger partial charge in [-0.1, -0.05) is 49.5 Å². The Balaban J connectivity index is 1.43. The molecule has 0 spiro atoms. The van der Waals surface area contributed by atoms with E-state index < -0.39 is 15.3 Å². The fourth-order valence-corrected chi connectivity index (χ4v) is 7.58. The molecule has 3 aromatic rings. The van der Waals surface area contributed by atoms with E-state index in [9.17, 15) is 13.2 Å². The smallest absolute Gasteiger partial charge is 0.240 e. The van der Waals surface area contributed by atoms with E-state index in [-0.39, 0.29) is 24.1 Å². The first-order valence-corrected chi connectivity index (χ1v) is 17.2. The lowest BCUT2D eigenvalue weighted by Gasteiger charge is -2.33. The Morgan fingerprint density at radius 2 is 1.93 bits per heavy atom. The van der Waals surface area contributed by atoms with E-state index in [1.54, 1.807) is 18.2 Å². The summed E-state index contributed by atoms with van der Waals surface area (Å²) < 4.78 is 35.4. The van der Waals surface area contributed by atoms with Gasteiger partial charge in [-0.2, -0.15) is 0 Å². The number of amides is 1. The lowest BCUT2D eigenvalue weighted by Crippen LogP contribution is -2.46. The van der Waals surface area contributed by atoms with Crippen LogP contribution in [-0.2, 0) is 26.1 Å². The molecule has 5 rings (SSSR count). The number of nitrogens with one attached hydrogen (secondary N) is 2. The van der Waals surface area contributed by atoms with Crippen LogP contribution in [-0.4, -0.2) is 71.8 Å². The molecule has 2 aliphatic rings. The van der Waals surface area contributed by atoms with Crippen molar-refractivity contribution in [3.63, 3.8) is 0 Å². The summed E-state index contributed by atoms with van der Waals surface area (Å²) in [4.78, 5) is 13.4. The molecule has 2 saturated heterocycles. The second-order valence-electron chi connectivity index (χ2n) is 11.8. The van der Waals surface area contributed by atoms with Gasteiger partial charge in [-0.05, 0) is 69.3 Å². The minimum atomic E-state index is -3.29. The summed E-state index contributed by atoms with van der Waals surface area (Å²) >= 11 is 5.24. The second-order valence-corrected chi connectivity index (χ2v) is 14.7. The molecule has 0 saturated carbocycles. The maximum Gasteiger partial charge on any atom is 0.240 e. The van der Waals surface area contributed by atoms with Crippen LogP contribution in [0.4, 0.5) is 0 Å². The molecule has 11 heteroatoms. The highest BCUT2D eigenvalue weighted by atomic mass is 32.2. The first-order chi connectivity index (χ1) is 20.6. The van der Waals surface area contributed by atoms with E-state index in [2.05, 4.69) is 52.6 Å². The third-order valence-corrected chi connectivity index (χ3v) is 11.1. The topological polar surface area (TPSA) is 119 Å². The molecule has 0 radical (unpaired) electrons. The number of hydrogen-bond acceptors (Lipinski definition) is 6. The molecule has 1 amide bonds. The third kappa shape index (κ3) is 6.81. The van der Waals surface area contributed by atoms with Gasteiger partial charge in [0, 0.05) is 60.5 Å². The summed E-state index contributed by atoms with van der Waals surface area (Å²) in [5.74, 6) is -0.0527. The summed E-state index contributed by atoms with van der Waals surface area (Å²) in [5, 5.41) is 7.04. The normalized spacial score (nSPS) is 20.2. The van der Waals surface area contributed by atoms with Crippen LogP contribution in [0.25, 0.3) is 22.0 Å². The molecule has 43 heavy (non-hydrogen) atoms. The van der Waals surface area contributed by atoms with Gasteiger partial charge in [-0.25, -0.2) is 12.7 Å². The number of hydrogen-bond donors (Lipinski definition) is 3. The molecule has 3 heterocycles. The number of ether oxygens (including phenoxy) is 1. The zero-order chi connectivity index (χ0) is 30.7. The number of piperidine rings is 1. The molecule has 0 bridgehead atoms. The fourth-order valence-electron chi connectivity index (χ4n) is 6.14. The van der Waals surface area contributed by atoms with Crippen LogP contribution in [0.1, 0.15) is 63.6 Å². The summed E-state index contributed by atoms with van der Waals surface area (Å²) in [6, 6.07) is 14.0. The molecule has 9 nitrogen and oxygen atoms in total. The molecule has 2 aliphatic heterocycles. The maximum absolute atomic E-state index is 13.1. The monoisotopic (exact) mass is 625 g/mol. The summed E-state index contributed by atoms with van der Waals surface area (Å²) in [6.07, 6.45) is 5.24. The van der Waals surface area contributed by atoms with E-state index in [0.29, 0.717) is 31.2 Å². The van der Waals surface area contributed by atoms with Crippen LogP contribution >= 0.6 is 12.2 Å². The van der Waals surface area contributed by atoms with Gasteiger partial charge < -0.3 is 25.7 Å². The first-order valence-electron chi connectivity index (χ1n) is 15.3. The van der Waals surface area contributed by atoms with Crippen molar-refractivity contribution in [2.75, 3.05) is 26.2 Å². The first kappa shape index (κ1) is 31.6. The molecule has 2 atom stereocenters. The number of nitrogens with two attached hydrogens (primary N) is 1. The van der Waals surface area contributed by atoms with Crippen molar-refractivity contribution in [1.29, 1.82) is 0 Å². The number of carbonyl (C=O) groups excluding carboxylic acids is 1. The van der Waals surface area contributed by atoms with E-state index in [4.69, 9.17) is 22.7 Å². The van der Waals surface area contributed by atoms with Gasteiger partial charge in [0.1, 0.15) is 11.0 Å². The quantitative estimate of drug-likeness (QED) is 0.275. The van der Waals surface area contributed by atoms with Crippen molar-refractivity contribution in [2.24, 2.45) is 5.73 Å². The van der Waals surface area contributed by atoms with Gasteiger partial charge in [0.25, 0.3) is 0 Å². The van der Waals surface area contributed by atoms with Crippen molar-refractivity contribution in [3.05, 3.63) is 59.8 Å². The second kappa shape index (κ2) is 13.4. The highest BCUT2D eigenvalue weighted by Gasteiger charge is 2.34. The van der Waals surface area contributed by atoms with Gasteiger partial charge in [0.05, 0.1) is 11.4 Å². The molecular formula is C32H43N5O4S2. The van der Waals surface area contributed by atoms with E-state index in [1.165, 1.54) is 0 Å². The number of benzene rings is 2. The predicted molar refractivity (Wildman–Crippen MR) is 175 cm³/mol. The Hall–Kier alpha value is -2.83. The summed E-state index contributed by atoms with van der Waals surface area (Å²) in [5.41, 5.74) is 10.9. The number of nitrogens with zero attached hydrogens (tertiary/aromatic N) is 2. The Morgan fingerprint density at radius 1 is 1.16 bits per heavy atom. The Morgan fingerprint density at radius 3 is 2.63 bits per heavy atom. The molecule has 2 unspecified atom stereocenters. The van der Waals surface area contributed by atoms with Crippen LogP contribution in [0.3, 0.4) is 0 Å². The molecule has 1 aromatic heterocycles. The van der Waals surface area contributed by atoms with Crippen molar-refractivity contribution in [3.8, 4) is 11.1 Å². The predicted octanol–water partition coefficient (Wildman–Crippen LogP) is 4.09. The van der Waals surface area contributed by atoms with Crippen molar-refractivity contribution in [2.45, 2.75) is 76.4 Å². The molecule has 0 aliphatic carbocycles. The maximum atomic E-state index is 13.1. The van der Waals surface area contributed by atoms with Crippen LogP contribution in [0, 0.1) is 0 Å². The highest BCUT2D eigenvalue weighted by Crippen LogP contribution is 2.37. The summed E-state index contributed by atoms with van der Waals surface area (Å²) in [7, 11) is -3.29. The average molecular weight is 626 g/mol. The molecule has 2 aromatic carbocycles. The van der Waals surface area contributed by atoms with E-state index in [0.717, 1.165) is 65.4 Å². The Labute approximate surface area is 260 Å². The standard InChI is InChI=1S/C32H43N5O4S2/c1-4-16-41-29-10-13-34-30(29)32(38)35-19-22-8-9-26-27(23-6-5-7-24(18-23)31(33)42)20-37(28(26)17-22)25-11-14-36(15-12-25)43(39,40)21(2)3/h5-9,17-18,20-21,25,29-30,34H,4,10-16,19H2,1-3H3,(H2,33,42)(H,35,38). The van der Waals surface area contributed by atoms with Crippen LogP contribution in [0.15, 0.2) is 48.7 Å². The van der Waals surface area contributed by atoms with Crippen LogP contribution in [0.5, 0.6) is 0 Å². The van der Waals surface area contributed by atoms with Crippen molar-refractivity contribution < 1.29 is 17.9 Å². The molecule has 2 fully saturated rings. The number of aromatic nitrogens is 1. The van der Waals surface area contributed by atoms with E-state index in [1.807, 2.05) is 18.2 Å². The fraction of sp³-hybridized carbons (Fsp3) is 0.500. The van der Waals surface area contributed by atoms with Gasteiger partial charge >= 0.3 is 0 Å². The lowest BCUT2D eigenvalue weighted by molar-refractivity contribution is -0.126.